The fourth-order valence-corrected chi connectivity index (χ4v) is 8.16. The van der Waals surface area contributed by atoms with Gasteiger partial charge >= 0.3 is 0 Å². The molecule has 2 fully saturated rings. The zero-order valence-electron chi connectivity index (χ0n) is 25.7. The van der Waals surface area contributed by atoms with Crippen LogP contribution in [-0.2, 0) is 19.1 Å². The van der Waals surface area contributed by atoms with Gasteiger partial charge in [-0.2, -0.15) is 0 Å². The van der Waals surface area contributed by atoms with Crippen molar-refractivity contribution in [3.05, 3.63) is 103 Å². The molecule has 0 saturated carbocycles. The SMILES string of the molecule is CCCN1CC=C[C@]2(CC)O[C@]34C=CCN(c5ccc6ccccc6c5)C(=O)C3N([C@H](CO)c3ccccc3)C(=O)[C@@H]4[C@@H]2C1=O. The highest BCUT2D eigenvalue weighted by molar-refractivity contribution is 6.07. The highest BCUT2D eigenvalue weighted by Gasteiger charge is 2.76. The summed E-state index contributed by atoms with van der Waals surface area (Å²) in [6.07, 6.45) is 8.95. The number of anilines is 1. The topological polar surface area (TPSA) is 90.4 Å². The zero-order valence-corrected chi connectivity index (χ0v) is 25.7. The summed E-state index contributed by atoms with van der Waals surface area (Å²) in [5.74, 6) is -2.53. The minimum absolute atomic E-state index is 0.128. The first kappa shape index (κ1) is 29.4. The normalized spacial score (nSPS) is 29.9. The number of fused-ring (bicyclic) bond motifs is 3. The third-order valence-corrected chi connectivity index (χ3v) is 10.2. The van der Waals surface area contributed by atoms with Gasteiger partial charge in [-0.15, -0.1) is 0 Å². The Morgan fingerprint density at radius 3 is 2.31 bits per heavy atom. The standard InChI is InChI=1S/C37H39N3O5/c1-3-20-38-21-10-18-36(4-2)30(33(38)42)31-34(43)40(29(24-41)26-13-6-5-7-14-26)32-35(44)39(22-11-19-37(31,32)45-36)28-17-16-25-12-8-9-15-27(25)23-28/h5-19,23,29-32,41H,3-4,20-22,24H2,1-2H3/t29-,30-,31+,32?,36+,37+/m1/s1. The van der Waals surface area contributed by atoms with Gasteiger partial charge in [-0.3, -0.25) is 14.4 Å². The Kier molecular flexibility index (Phi) is 7.37. The molecule has 1 N–H and O–H groups in total. The Morgan fingerprint density at radius 2 is 1.58 bits per heavy atom. The summed E-state index contributed by atoms with van der Waals surface area (Å²) < 4.78 is 7.12. The van der Waals surface area contributed by atoms with Crippen molar-refractivity contribution in [2.75, 3.05) is 31.1 Å². The first-order valence-electron chi connectivity index (χ1n) is 16.0. The van der Waals surface area contributed by atoms with Crippen molar-refractivity contribution in [2.24, 2.45) is 11.8 Å². The molecule has 1 unspecified atom stereocenters. The lowest BCUT2D eigenvalue weighted by Crippen LogP contribution is -2.57. The highest BCUT2D eigenvalue weighted by atomic mass is 16.5. The molecular formula is C37H39N3O5. The first-order valence-corrected chi connectivity index (χ1v) is 16.0. The molecule has 45 heavy (non-hydrogen) atoms. The van der Waals surface area contributed by atoms with E-state index in [0.717, 1.165) is 17.2 Å². The van der Waals surface area contributed by atoms with Crippen LogP contribution in [0.2, 0.25) is 0 Å². The maximum atomic E-state index is 15.0. The van der Waals surface area contributed by atoms with E-state index in [9.17, 15) is 14.7 Å². The van der Waals surface area contributed by atoms with Crippen molar-refractivity contribution < 1.29 is 24.2 Å². The van der Waals surface area contributed by atoms with Gasteiger partial charge in [0.25, 0.3) is 5.91 Å². The van der Waals surface area contributed by atoms with Crippen LogP contribution in [0.25, 0.3) is 10.8 Å². The van der Waals surface area contributed by atoms with Gasteiger partial charge in [0, 0.05) is 25.3 Å². The molecule has 4 aliphatic rings. The van der Waals surface area contributed by atoms with Gasteiger partial charge in [-0.25, -0.2) is 0 Å². The Balaban J connectivity index is 1.41. The average Bonchev–Trinajstić information content (AvgIpc) is 3.36. The van der Waals surface area contributed by atoms with Crippen LogP contribution in [0.15, 0.2) is 97.1 Å². The molecule has 6 atom stereocenters. The molecule has 4 heterocycles. The number of carbonyl (C=O) groups is 3. The van der Waals surface area contributed by atoms with Crippen molar-refractivity contribution in [3.8, 4) is 0 Å². The molecule has 4 aliphatic heterocycles. The van der Waals surface area contributed by atoms with Crippen molar-refractivity contribution >= 4 is 34.2 Å². The van der Waals surface area contributed by atoms with Crippen LogP contribution in [0.4, 0.5) is 5.69 Å². The number of amides is 3. The maximum Gasteiger partial charge on any atom is 0.253 e. The molecule has 8 nitrogen and oxygen atoms in total. The van der Waals surface area contributed by atoms with Crippen LogP contribution < -0.4 is 4.90 Å². The van der Waals surface area contributed by atoms with Crippen molar-refractivity contribution in [2.45, 2.75) is 50.0 Å². The molecule has 0 aliphatic carbocycles. The molecule has 3 aromatic carbocycles. The summed E-state index contributed by atoms with van der Waals surface area (Å²) in [5.41, 5.74) is -1.03. The zero-order chi connectivity index (χ0) is 31.3. The summed E-state index contributed by atoms with van der Waals surface area (Å²) in [7, 11) is 0. The van der Waals surface area contributed by atoms with E-state index in [4.69, 9.17) is 4.74 Å². The minimum atomic E-state index is -1.40. The van der Waals surface area contributed by atoms with E-state index in [2.05, 4.69) is 0 Å². The van der Waals surface area contributed by atoms with Crippen LogP contribution >= 0.6 is 0 Å². The highest BCUT2D eigenvalue weighted by Crippen LogP contribution is 2.59. The Bertz CT molecular complexity index is 1700. The molecule has 1 spiro atoms. The largest absolute Gasteiger partial charge is 0.394 e. The molecule has 8 heteroatoms. The van der Waals surface area contributed by atoms with Gasteiger partial charge in [0.05, 0.1) is 30.1 Å². The Hall–Kier alpha value is -4.27. The summed E-state index contributed by atoms with van der Waals surface area (Å²) in [6.45, 7) is 4.90. The van der Waals surface area contributed by atoms with Gasteiger partial charge in [-0.1, -0.05) is 98.8 Å². The lowest BCUT2D eigenvalue weighted by atomic mass is 9.73. The molecule has 0 aromatic heterocycles. The summed E-state index contributed by atoms with van der Waals surface area (Å²) in [6, 6.07) is 21.3. The van der Waals surface area contributed by atoms with Crippen LogP contribution in [0.5, 0.6) is 0 Å². The lowest BCUT2D eigenvalue weighted by Gasteiger charge is -2.41. The van der Waals surface area contributed by atoms with E-state index in [1.165, 1.54) is 4.90 Å². The van der Waals surface area contributed by atoms with Crippen LogP contribution in [-0.4, -0.2) is 76.1 Å². The van der Waals surface area contributed by atoms with E-state index in [0.29, 0.717) is 30.8 Å². The second-order valence-electron chi connectivity index (χ2n) is 12.5. The molecule has 0 radical (unpaired) electrons. The first-order chi connectivity index (χ1) is 21.9. The van der Waals surface area contributed by atoms with E-state index in [-0.39, 0.29) is 30.9 Å². The number of nitrogens with zero attached hydrogens (tertiary/aromatic N) is 3. The summed E-state index contributed by atoms with van der Waals surface area (Å²) >= 11 is 0. The summed E-state index contributed by atoms with van der Waals surface area (Å²) in [4.78, 5) is 49.4. The molecule has 232 valence electrons. The van der Waals surface area contributed by atoms with Gasteiger partial charge < -0.3 is 24.5 Å². The second-order valence-corrected chi connectivity index (χ2v) is 12.5. The number of ether oxygens (including phenoxy) is 1. The van der Waals surface area contributed by atoms with E-state index in [1.807, 2.05) is 111 Å². The summed E-state index contributed by atoms with van der Waals surface area (Å²) in [5, 5.41) is 12.9. The number of aliphatic hydroxyl groups excluding tert-OH is 1. The Morgan fingerprint density at radius 1 is 0.844 bits per heavy atom. The number of rotatable bonds is 7. The third-order valence-electron chi connectivity index (χ3n) is 10.2. The van der Waals surface area contributed by atoms with Crippen LogP contribution in [0.3, 0.4) is 0 Å². The quantitative estimate of drug-likeness (QED) is 0.397. The van der Waals surface area contributed by atoms with E-state index < -0.39 is 35.1 Å². The average molecular weight is 606 g/mol. The fraction of sp³-hybridized carbons (Fsp3) is 0.378. The van der Waals surface area contributed by atoms with E-state index >= 15 is 4.79 Å². The number of aliphatic hydroxyl groups is 1. The number of hydrogen-bond acceptors (Lipinski definition) is 5. The van der Waals surface area contributed by atoms with E-state index in [1.54, 1.807) is 9.80 Å². The van der Waals surface area contributed by atoms with Crippen molar-refractivity contribution in [1.82, 2.24) is 9.80 Å². The molecule has 2 saturated heterocycles. The van der Waals surface area contributed by atoms with Crippen LogP contribution in [0.1, 0.15) is 38.3 Å². The predicted molar refractivity (Wildman–Crippen MR) is 172 cm³/mol. The minimum Gasteiger partial charge on any atom is -0.394 e. The molecule has 3 aromatic rings. The number of likely N-dealkylation sites (tertiary alicyclic amines) is 1. The van der Waals surface area contributed by atoms with Crippen molar-refractivity contribution in [3.63, 3.8) is 0 Å². The Labute approximate surface area is 263 Å². The third kappa shape index (κ3) is 4.37. The smallest absolute Gasteiger partial charge is 0.253 e. The molecule has 7 rings (SSSR count). The van der Waals surface area contributed by atoms with Gasteiger partial charge in [0.1, 0.15) is 11.6 Å². The van der Waals surface area contributed by atoms with Gasteiger partial charge in [0.2, 0.25) is 11.8 Å². The second kappa shape index (κ2) is 11.3. The maximum absolute atomic E-state index is 15.0. The molecule has 0 bridgehead atoms. The number of carbonyl (C=O) groups excluding carboxylic acids is 3. The number of benzene rings is 3. The molecule has 3 amide bonds. The fourth-order valence-electron chi connectivity index (χ4n) is 8.16. The van der Waals surface area contributed by atoms with Crippen LogP contribution in [0, 0.1) is 11.8 Å². The van der Waals surface area contributed by atoms with Crippen molar-refractivity contribution in [1.29, 1.82) is 0 Å². The van der Waals surface area contributed by atoms with Gasteiger partial charge in [0.15, 0.2) is 0 Å². The number of hydrogen-bond donors (Lipinski definition) is 1. The molecular weight excluding hydrogens is 566 g/mol. The van der Waals surface area contributed by atoms with Gasteiger partial charge in [-0.05, 0) is 41.3 Å². The lowest BCUT2D eigenvalue weighted by molar-refractivity contribution is -0.152. The predicted octanol–water partition coefficient (Wildman–Crippen LogP) is 4.65. The monoisotopic (exact) mass is 605 g/mol.